The van der Waals surface area contributed by atoms with Crippen LogP contribution in [-0.2, 0) is 33.2 Å². The topological polar surface area (TPSA) is 0 Å². The van der Waals surface area contributed by atoms with Gasteiger partial charge >= 0.3 is 394 Å². The molecule has 2 aliphatic rings. The van der Waals surface area contributed by atoms with Gasteiger partial charge in [0.05, 0.1) is 0 Å². The number of benzene rings is 4. The molecule has 0 N–H and O–H groups in total. The average molecular weight is 933 g/mol. The molecule has 0 aromatic heterocycles. The van der Waals surface area contributed by atoms with Gasteiger partial charge in [0.25, 0.3) is 0 Å². The van der Waals surface area contributed by atoms with Crippen molar-refractivity contribution in [2.45, 2.75) is 165 Å². The van der Waals surface area contributed by atoms with E-state index in [4.69, 9.17) is 0 Å². The fourth-order valence-corrected chi connectivity index (χ4v) is 38.9. The zero-order valence-corrected chi connectivity index (χ0v) is 49.1. The number of rotatable bonds is 8. The Labute approximate surface area is 390 Å². The summed E-state index contributed by atoms with van der Waals surface area (Å²) in [6, 6.07) is 29.0. The van der Waals surface area contributed by atoms with E-state index in [9.17, 15) is 0 Å². The van der Waals surface area contributed by atoms with Crippen LogP contribution in [0, 0.1) is 55.4 Å². The summed E-state index contributed by atoms with van der Waals surface area (Å²) in [5, 5.41) is 22.2. The summed E-state index contributed by atoms with van der Waals surface area (Å²) in [7, 11) is -4.43. The second-order valence-corrected chi connectivity index (χ2v) is 47.2. The maximum atomic E-state index is 2.67. The van der Waals surface area contributed by atoms with Gasteiger partial charge in [-0.05, 0) is 0 Å². The first kappa shape index (κ1) is 50.7. The Morgan fingerprint density at radius 2 is 0.758 bits per heavy atom. The zero-order valence-electron chi connectivity index (χ0n) is 43.9. The molecule has 4 aromatic rings. The molecule has 0 radical (unpaired) electrons. The summed E-state index contributed by atoms with van der Waals surface area (Å²) in [5.74, 6) is 0. The Kier molecular flexibility index (Phi) is 14.3. The van der Waals surface area contributed by atoms with E-state index in [0.29, 0.717) is 0 Å². The summed E-state index contributed by atoms with van der Waals surface area (Å²) in [6.45, 7) is 43.3. The Balaban J connectivity index is 0.000000234. The second-order valence-electron chi connectivity index (χ2n) is 22.8. The van der Waals surface area contributed by atoms with E-state index >= 15 is 0 Å². The van der Waals surface area contributed by atoms with Gasteiger partial charge in [0.15, 0.2) is 0 Å². The van der Waals surface area contributed by atoms with Crippen LogP contribution in [0.3, 0.4) is 0 Å². The Bertz CT molecular complexity index is 2540. The molecule has 2 aliphatic carbocycles. The van der Waals surface area contributed by atoms with Crippen molar-refractivity contribution < 1.29 is 33.2 Å². The maximum absolute atomic E-state index is 2.67. The second kappa shape index (κ2) is 17.5. The summed E-state index contributed by atoms with van der Waals surface area (Å²) in [6.07, 6.45) is 0. The van der Waals surface area contributed by atoms with Gasteiger partial charge in [-0.25, -0.2) is 0 Å². The van der Waals surface area contributed by atoms with Gasteiger partial charge in [-0.15, -0.1) is 0 Å². The van der Waals surface area contributed by atoms with Crippen LogP contribution < -0.4 is 20.7 Å². The third-order valence-corrected chi connectivity index (χ3v) is 36.3. The van der Waals surface area contributed by atoms with Crippen LogP contribution in [0.1, 0.15) is 99.9 Å². The van der Waals surface area contributed by atoms with Gasteiger partial charge in [-0.3, -0.25) is 0 Å². The molecule has 0 aliphatic heterocycles. The van der Waals surface area contributed by atoms with Gasteiger partial charge in [0.2, 0.25) is 0 Å². The summed E-state index contributed by atoms with van der Waals surface area (Å²) < 4.78 is 3.66. The molecular weight excluding hydrogens is 849 g/mol. The van der Waals surface area contributed by atoms with E-state index in [-0.39, 0.29) is 10.1 Å². The van der Waals surface area contributed by atoms with E-state index in [0.717, 1.165) is 0 Å². The number of allylic oxidation sites excluding steroid dienone is 8. The molecule has 62 heavy (non-hydrogen) atoms. The van der Waals surface area contributed by atoms with Crippen LogP contribution in [0.25, 0.3) is 0 Å². The fourth-order valence-electron chi connectivity index (χ4n) is 13.3. The Morgan fingerprint density at radius 1 is 0.387 bits per heavy atom. The predicted octanol–water partition coefficient (Wildman–Crippen LogP) is 15.6. The monoisotopic (exact) mass is 933 g/mol. The summed E-state index contributed by atoms with van der Waals surface area (Å²) >= 11 is -4.31. The minimum atomic E-state index is -2.22. The van der Waals surface area contributed by atoms with Crippen molar-refractivity contribution in [2.75, 3.05) is 0 Å². The molecule has 4 heteroatoms. The molecule has 6 rings (SSSR count). The van der Waals surface area contributed by atoms with Crippen molar-refractivity contribution in [3.8, 4) is 0 Å². The van der Waals surface area contributed by atoms with Crippen LogP contribution in [0.4, 0.5) is 0 Å². The zero-order chi connectivity index (χ0) is 47.0. The van der Waals surface area contributed by atoms with E-state index in [1.54, 1.807) is 54.2 Å². The third kappa shape index (κ3) is 8.17. The summed E-state index contributed by atoms with van der Waals surface area (Å²) in [5.41, 5.74) is 20.8. The van der Waals surface area contributed by atoms with Crippen molar-refractivity contribution in [1.82, 2.24) is 0 Å². The molecule has 0 saturated heterocycles. The van der Waals surface area contributed by atoms with Crippen LogP contribution >= 0.6 is 0 Å². The molecule has 0 amide bonds. The van der Waals surface area contributed by atoms with Crippen molar-refractivity contribution in [1.29, 1.82) is 0 Å². The number of aryl methyl sites for hydroxylation is 7. The van der Waals surface area contributed by atoms with Crippen molar-refractivity contribution in [3.63, 3.8) is 0 Å². The molecule has 0 spiro atoms. The normalized spacial score (nSPS) is 21.7. The standard InChI is InChI=1S/2C26H33Si.6CH3.2Ti/c1-17-10-11-25(20(4)13-17)27(9,24-14-18(2)12-19(3)15-24)26(8)16-21(5)22(6)23(26)7;1-17-13-18(2)15-24(14-17)27(9,25-12-10-11-19(3)22(25)6)26(8)16-20(4)21(5)23(26)7;;;;;;;;/h2*10-15H,1-9H3;6*1H3;;. The number of hydrogen-bond donors (Lipinski definition) is 0. The van der Waals surface area contributed by atoms with Crippen LogP contribution in [0.5, 0.6) is 0 Å². The number of hydrogen-bond acceptors (Lipinski definition) is 0. The quantitative estimate of drug-likeness (QED) is 0.154. The molecule has 4 aromatic carbocycles. The minimum absolute atomic E-state index is 0.109. The Hall–Kier alpha value is -2.30. The summed E-state index contributed by atoms with van der Waals surface area (Å²) in [4.78, 5) is 0. The molecule has 0 heterocycles. The van der Waals surface area contributed by atoms with E-state index < -0.39 is 49.3 Å². The van der Waals surface area contributed by atoms with Gasteiger partial charge in [0.1, 0.15) is 0 Å². The first-order valence-electron chi connectivity index (χ1n) is 23.4. The van der Waals surface area contributed by atoms with Crippen LogP contribution in [0.2, 0.25) is 54.5 Å². The molecule has 0 nitrogen and oxygen atoms in total. The molecule has 0 fully saturated rings. The van der Waals surface area contributed by atoms with E-state index in [1.165, 1.54) is 44.5 Å². The molecule has 4 unspecified atom stereocenters. The van der Waals surface area contributed by atoms with Gasteiger partial charge in [-0.2, -0.15) is 0 Å². The van der Waals surface area contributed by atoms with Crippen molar-refractivity contribution in [2.24, 2.45) is 0 Å². The first-order chi connectivity index (χ1) is 28.3. The van der Waals surface area contributed by atoms with E-state index in [1.807, 2.05) is 7.76 Å². The molecule has 332 valence electrons. The molecule has 4 atom stereocenters. The van der Waals surface area contributed by atoms with Crippen molar-refractivity contribution in [3.05, 3.63) is 158 Å². The third-order valence-electron chi connectivity index (χ3n) is 16.7. The van der Waals surface area contributed by atoms with Gasteiger partial charge in [0, 0.05) is 0 Å². The molecular formula is C58H84Si2Ti2. The van der Waals surface area contributed by atoms with Gasteiger partial charge in [-0.1, -0.05) is 0 Å². The Morgan fingerprint density at radius 3 is 1.11 bits per heavy atom. The van der Waals surface area contributed by atoms with Gasteiger partial charge < -0.3 is 0 Å². The van der Waals surface area contributed by atoms with Crippen molar-refractivity contribution >= 4 is 36.9 Å². The first-order valence-corrected chi connectivity index (χ1v) is 39.4. The molecule has 0 saturated carbocycles. The fraction of sp³-hybridized carbons (Fsp3) is 0.448. The van der Waals surface area contributed by atoms with Crippen LogP contribution in [-0.4, -0.2) is 16.1 Å². The predicted molar refractivity (Wildman–Crippen MR) is 280 cm³/mol. The van der Waals surface area contributed by atoms with E-state index in [2.05, 4.69) is 228 Å². The molecule has 0 bridgehead atoms. The van der Waals surface area contributed by atoms with Crippen LogP contribution in [0.15, 0.2) is 114 Å². The average Bonchev–Trinajstić information content (AvgIpc) is 3.45. The SMILES string of the molecule is CC1=C(C)C(C)([Si](C)(c2cc(C)cc(C)c2)c2ccc(C)cc2C)[C]([Ti]([CH3])([CH3])[CH3])=C1C.CC1=C(C)C(C)([Si](C)(c2cc(C)cc(C)c2)c2cccc(C)c2C)[C]([Ti]([CH3])([CH3])[CH3])=C1C.